The molecule has 0 aliphatic carbocycles. The molecule has 1 aromatic heterocycles. The first-order chi connectivity index (χ1) is 9.77. The van der Waals surface area contributed by atoms with Gasteiger partial charge in [-0.25, -0.2) is 0 Å². The Hall–Kier alpha value is -1.91. The molecule has 1 heterocycles. The molecule has 0 fully saturated rings. The van der Waals surface area contributed by atoms with Gasteiger partial charge in [-0.05, 0) is 24.1 Å². The minimum absolute atomic E-state index is 0.134. The van der Waals surface area contributed by atoms with E-state index in [0.717, 1.165) is 17.7 Å². The molecular weight excluding hydrogens is 254 g/mol. The van der Waals surface area contributed by atoms with Gasteiger partial charge in [-0.1, -0.05) is 30.3 Å². The Morgan fingerprint density at radius 2 is 1.90 bits per heavy atom. The maximum Gasteiger partial charge on any atom is 0.256 e. The largest absolute Gasteiger partial charge is 0.391 e. The predicted molar refractivity (Wildman–Crippen MR) is 78.6 cm³/mol. The van der Waals surface area contributed by atoms with Gasteiger partial charge < -0.3 is 14.4 Å². The van der Waals surface area contributed by atoms with Gasteiger partial charge in [-0.3, -0.25) is 4.79 Å². The van der Waals surface area contributed by atoms with Gasteiger partial charge in [0.25, 0.3) is 5.56 Å². The van der Waals surface area contributed by atoms with Crippen molar-refractivity contribution in [2.24, 2.45) is 0 Å². The number of benzene rings is 1. The summed E-state index contributed by atoms with van der Waals surface area (Å²) in [5.74, 6) is 0. The molecule has 2 rings (SSSR count). The summed E-state index contributed by atoms with van der Waals surface area (Å²) in [7, 11) is 1.64. The van der Waals surface area contributed by atoms with Gasteiger partial charge in [0.15, 0.2) is 0 Å². The van der Waals surface area contributed by atoms with Crippen molar-refractivity contribution < 1.29 is 9.84 Å². The molecule has 0 radical (unpaired) electrons. The van der Waals surface area contributed by atoms with E-state index in [1.807, 2.05) is 36.4 Å². The van der Waals surface area contributed by atoms with Crippen molar-refractivity contribution >= 4 is 0 Å². The Balaban J connectivity index is 2.45. The van der Waals surface area contributed by atoms with Crippen molar-refractivity contribution in [1.82, 2.24) is 4.57 Å². The van der Waals surface area contributed by atoms with Crippen molar-refractivity contribution in [2.75, 3.05) is 13.7 Å². The third kappa shape index (κ3) is 3.15. The van der Waals surface area contributed by atoms with E-state index in [1.54, 1.807) is 17.7 Å². The van der Waals surface area contributed by atoms with Crippen LogP contribution in [0, 0.1) is 0 Å². The highest BCUT2D eigenvalue weighted by Gasteiger charge is 2.09. The van der Waals surface area contributed by atoms with E-state index in [0.29, 0.717) is 18.7 Å². The molecule has 0 amide bonds. The van der Waals surface area contributed by atoms with Crippen LogP contribution in [-0.4, -0.2) is 23.4 Å². The highest BCUT2D eigenvalue weighted by molar-refractivity contribution is 5.59. The van der Waals surface area contributed by atoms with Gasteiger partial charge in [0.05, 0.1) is 12.3 Å². The van der Waals surface area contributed by atoms with Gasteiger partial charge in [0.2, 0.25) is 0 Å². The minimum Gasteiger partial charge on any atom is -0.391 e. The fraction of sp³-hybridized carbons (Fsp3) is 0.312. The zero-order valence-electron chi connectivity index (χ0n) is 11.6. The molecule has 4 heteroatoms. The van der Waals surface area contributed by atoms with Crippen molar-refractivity contribution in [3.05, 3.63) is 58.4 Å². The summed E-state index contributed by atoms with van der Waals surface area (Å²) in [4.78, 5) is 12.4. The van der Waals surface area contributed by atoms with Crippen LogP contribution in [0.15, 0.2) is 47.3 Å². The number of rotatable bonds is 6. The second kappa shape index (κ2) is 7.03. The summed E-state index contributed by atoms with van der Waals surface area (Å²) in [5, 5.41) is 9.24. The average Bonchev–Trinajstić information content (AvgIpc) is 2.50. The molecule has 4 nitrogen and oxygen atoms in total. The van der Waals surface area contributed by atoms with E-state index < -0.39 is 0 Å². The summed E-state index contributed by atoms with van der Waals surface area (Å²) < 4.78 is 6.75. The lowest BCUT2D eigenvalue weighted by molar-refractivity contribution is 0.190. The van der Waals surface area contributed by atoms with Crippen molar-refractivity contribution in [3.8, 4) is 11.3 Å². The quantitative estimate of drug-likeness (QED) is 0.819. The standard InChI is InChI=1S/C16H19NO3/c1-20-11-5-10-17-15(13-6-3-2-4-7-13)9-8-14(12-18)16(17)19/h2-4,6-9,18H,5,10-12H2,1H3. The fourth-order valence-electron chi connectivity index (χ4n) is 2.19. The maximum absolute atomic E-state index is 12.4. The van der Waals surface area contributed by atoms with Gasteiger partial charge in [0, 0.05) is 25.8 Å². The van der Waals surface area contributed by atoms with Crippen molar-refractivity contribution in [3.63, 3.8) is 0 Å². The van der Waals surface area contributed by atoms with Crippen LogP contribution in [0.4, 0.5) is 0 Å². The summed E-state index contributed by atoms with van der Waals surface area (Å²) in [5.41, 5.74) is 2.14. The first kappa shape index (κ1) is 14.5. The third-order valence-corrected chi connectivity index (χ3v) is 3.22. The van der Waals surface area contributed by atoms with Crippen LogP contribution in [0.2, 0.25) is 0 Å². The smallest absolute Gasteiger partial charge is 0.256 e. The summed E-state index contributed by atoms with van der Waals surface area (Å²) in [6.07, 6.45) is 0.755. The van der Waals surface area contributed by atoms with Crippen molar-refractivity contribution in [2.45, 2.75) is 19.6 Å². The number of aromatic nitrogens is 1. The van der Waals surface area contributed by atoms with E-state index in [-0.39, 0.29) is 12.2 Å². The third-order valence-electron chi connectivity index (χ3n) is 3.22. The molecule has 0 saturated heterocycles. The van der Waals surface area contributed by atoms with E-state index in [2.05, 4.69) is 0 Å². The van der Waals surface area contributed by atoms with Crippen LogP contribution in [0.5, 0.6) is 0 Å². The molecule has 106 valence electrons. The van der Waals surface area contributed by atoms with Crippen LogP contribution in [0.3, 0.4) is 0 Å². The van der Waals surface area contributed by atoms with E-state index >= 15 is 0 Å². The number of hydrogen-bond donors (Lipinski definition) is 1. The first-order valence-corrected chi connectivity index (χ1v) is 6.66. The second-order valence-corrected chi connectivity index (χ2v) is 4.57. The second-order valence-electron chi connectivity index (χ2n) is 4.57. The number of ether oxygens (including phenoxy) is 1. The lowest BCUT2D eigenvalue weighted by Crippen LogP contribution is -2.25. The topological polar surface area (TPSA) is 51.5 Å². The highest BCUT2D eigenvalue weighted by Crippen LogP contribution is 2.18. The molecule has 0 saturated carbocycles. The normalized spacial score (nSPS) is 10.7. The molecule has 0 aliphatic rings. The summed E-state index contributed by atoms with van der Waals surface area (Å²) in [6.45, 7) is 0.937. The average molecular weight is 273 g/mol. The minimum atomic E-state index is -0.238. The van der Waals surface area contributed by atoms with Crippen LogP contribution in [-0.2, 0) is 17.9 Å². The van der Waals surface area contributed by atoms with Crippen molar-refractivity contribution in [1.29, 1.82) is 0 Å². The SMILES string of the molecule is COCCCn1c(-c2ccccc2)ccc(CO)c1=O. The maximum atomic E-state index is 12.4. The molecular formula is C16H19NO3. The number of aliphatic hydroxyl groups excluding tert-OH is 1. The molecule has 0 spiro atoms. The van der Waals surface area contributed by atoms with Crippen LogP contribution < -0.4 is 5.56 Å². The lowest BCUT2D eigenvalue weighted by atomic mass is 10.1. The number of pyridine rings is 1. The summed E-state index contributed by atoms with van der Waals surface area (Å²) in [6, 6.07) is 13.4. The summed E-state index contributed by atoms with van der Waals surface area (Å²) >= 11 is 0. The first-order valence-electron chi connectivity index (χ1n) is 6.66. The van der Waals surface area contributed by atoms with E-state index in [1.165, 1.54) is 0 Å². The van der Waals surface area contributed by atoms with Crippen LogP contribution in [0.1, 0.15) is 12.0 Å². The molecule has 1 aromatic carbocycles. The Labute approximate surface area is 118 Å². The Bertz CT molecular complexity index is 605. The van der Waals surface area contributed by atoms with Crippen LogP contribution in [0.25, 0.3) is 11.3 Å². The zero-order valence-corrected chi connectivity index (χ0v) is 11.6. The van der Waals surface area contributed by atoms with E-state index in [9.17, 15) is 9.90 Å². The number of methoxy groups -OCH3 is 1. The number of hydrogen-bond acceptors (Lipinski definition) is 3. The lowest BCUT2D eigenvalue weighted by Gasteiger charge is -2.14. The zero-order chi connectivity index (χ0) is 14.4. The van der Waals surface area contributed by atoms with E-state index in [4.69, 9.17) is 4.74 Å². The number of nitrogens with zero attached hydrogens (tertiary/aromatic N) is 1. The molecule has 1 N–H and O–H groups in total. The highest BCUT2D eigenvalue weighted by atomic mass is 16.5. The van der Waals surface area contributed by atoms with Gasteiger partial charge in [-0.15, -0.1) is 0 Å². The Kier molecular flexibility index (Phi) is 5.09. The Morgan fingerprint density at radius 1 is 1.15 bits per heavy atom. The van der Waals surface area contributed by atoms with Gasteiger partial charge in [0.1, 0.15) is 0 Å². The predicted octanol–water partition coefficient (Wildman–Crippen LogP) is 2.04. The molecule has 0 bridgehead atoms. The fourth-order valence-corrected chi connectivity index (χ4v) is 2.19. The number of aliphatic hydroxyl groups is 1. The molecule has 20 heavy (non-hydrogen) atoms. The monoisotopic (exact) mass is 273 g/mol. The Morgan fingerprint density at radius 3 is 2.55 bits per heavy atom. The van der Waals surface area contributed by atoms with Gasteiger partial charge >= 0.3 is 0 Å². The van der Waals surface area contributed by atoms with Gasteiger partial charge in [-0.2, -0.15) is 0 Å². The van der Waals surface area contributed by atoms with Crippen LogP contribution >= 0.6 is 0 Å². The molecule has 2 aromatic rings. The molecule has 0 atom stereocenters. The molecule has 0 aliphatic heterocycles. The molecule has 0 unspecified atom stereocenters.